The Hall–Kier alpha value is -3.24. The highest BCUT2D eigenvalue weighted by atomic mass is 32.2. The van der Waals surface area contributed by atoms with Gasteiger partial charge in [-0.15, -0.1) is 0 Å². The third kappa shape index (κ3) is 3.84. The third-order valence-electron chi connectivity index (χ3n) is 4.31. The SMILES string of the molecule is Cc1c[nH]c(=O)n1-c1ccccc1NC(=O)c1ccc(F)c(S(=O)(=O)N(C)C)c1. The first kappa shape index (κ1) is 20.5. The Bertz CT molecular complexity index is 1250. The molecule has 1 amide bonds. The lowest BCUT2D eigenvalue weighted by Gasteiger charge is -2.14. The summed E-state index contributed by atoms with van der Waals surface area (Å²) in [4.78, 5) is 26.8. The fraction of sp³-hybridized carbons (Fsp3) is 0.158. The average Bonchev–Trinajstić information content (AvgIpc) is 3.00. The summed E-state index contributed by atoms with van der Waals surface area (Å²) in [6.07, 6.45) is 1.54. The van der Waals surface area contributed by atoms with Crippen molar-refractivity contribution >= 4 is 21.6 Å². The number of halogens is 1. The van der Waals surface area contributed by atoms with Crippen LogP contribution >= 0.6 is 0 Å². The first-order valence-corrected chi connectivity index (χ1v) is 9.97. The van der Waals surface area contributed by atoms with Crippen LogP contribution in [-0.4, -0.2) is 42.3 Å². The van der Waals surface area contributed by atoms with E-state index in [4.69, 9.17) is 0 Å². The number of rotatable bonds is 5. The molecule has 8 nitrogen and oxygen atoms in total. The van der Waals surface area contributed by atoms with Crippen molar-refractivity contribution in [3.05, 3.63) is 76.2 Å². The second-order valence-corrected chi connectivity index (χ2v) is 8.59. The third-order valence-corrected chi connectivity index (χ3v) is 6.14. The van der Waals surface area contributed by atoms with E-state index in [1.807, 2.05) is 0 Å². The number of amides is 1. The smallest absolute Gasteiger partial charge is 0.320 e. The van der Waals surface area contributed by atoms with Gasteiger partial charge in [-0.2, -0.15) is 0 Å². The minimum absolute atomic E-state index is 0.0419. The maximum absolute atomic E-state index is 14.1. The van der Waals surface area contributed by atoms with E-state index < -0.39 is 26.6 Å². The molecule has 1 aromatic heterocycles. The van der Waals surface area contributed by atoms with Crippen LogP contribution < -0.4 is 11.0 Å². The number of nitrogens with zero attached hydrogens (tertiary/aromatic N) is 2. The standard InChI is InChI=1S/C19H19FN4O4S/c1-12-11-21-19(26)24(12)16-7-5-4-6-15(16)22-18(25)13-8-9-14(20)17(10-13)29(27,28)23(2)3/h4-11H,1-3H3,(H,21,26)(H,22,25). The van der Waals surface area contributed by atoms with Gasteiger partial charge in [-0.05, 0) is 37.3 Å². The summed E-state index contributed by atoms with van der Waals surface area (Å²) in [7, 11) is -1.52. The Morgan fingerprint density at radius 1 is 1.17 bits per heavy atom. The second kappa shape index (κ2) is 7.64. The summed E-state index contributed by atoms with van der Waals surface area (Å²) in [5.41, 5.74) is 0.999. The molecule has 3 rings (SSSR count). The lowest BCUT2D eigenvalue weighted by Crippen LogP contribution is -2.24. The first-order valence-electron chi connectivity index (χ1n) is 8.53. The Kier molecular flexibility index (Phi) is 5.40. The number of nitrogens with one attached hydrogen (secondary N) is 2. The Morgan fingerprint density at radius 2 is 1.86 bits per heavy atom. The molecule has 1 heterocycles. The van der Waals surface area contributed by atoms with Crippen molar-refractivity contribution in [1.29, 1.82) is 0 Å². The summed E-state index contributed by atoms with van der Waals surface area (Å²) < 4.78 is 40.9. The van der Waals surface area contributed by atoms with Crippen LogP contribution in [0.3, 0.4) is 0 Å². The van der Waals surface area contributed by atoms with Gasteiger partial charge in [0, 0.05) is 31.5 Å². The van der Waals surface area contributed by atoms with Crippen LogP contribution in [0.4, 0.5) is 10.1 Å². The van der Waals surface area contributed by atoms with Gasteiger partial charge in [0.15, 0.2) is 0 Å². The zero-order chi connectivity index (χ0) is 21.3. The molecule has 10 heteroatoms. The van der Waals surface area contributed by atoms with E-state index in [1.54, 1.807) is 37.4 Å². The van der Waals surface area contributed by atoms with Gasteiger partial charge < -0.3 is 10.3 Å². The Labute approximate surface area is 166 Å². The van der Waals surface area contributed by atoms with Crippen molar-refractivity contribution < 1.29 is 17.6 Å². The highest BCUT2D eigenvalue weighted by Crippen LogP contribution is 2.23. The quantitative estimate of drug-likeness (QED) is 0.662. The fourth-order valence-electron chi connectivity index (χ4n) is 2.76. The number of aromatic amines is 1. The molecular formula is C19H19FN4O4S. The summed E-state index contributed by atoms with van der Waals surface area (Å²) in [5.74, 6) is -1.60. The number of H-pyrrole nitrogens is 1. The molecule has 0 spiro atoms. The second-order valence-electron chi connectivity index (χ2n) is 6.47. The van der Waals surface area contributed by atoms with Gasteiger partial charge in [-0.1, -0.05) is 12.1 Å². The zero-order valence-electron chi connectivity index (χ0n) is 15.9. The molecule has 3 aromatic rings. The zero-order valence-corrected chi connectivity index (χ0v) is 16.7. The van der Waals surface area contributed by atoms with E-state index in [9.17, 15) is 22.4 Å². The van der Waals surface area contributed by atoms with Crippen LogP contribution in [0.2, 0.25) is 0 Å². The molecule has 0 atom stereocenters. The van der Waals surface area contributed by atoms with Gasteiger partial charge in [0.25, 0.3) is 5.91 Å². The van der Waals surface area contributed by atoms with Gasteiger partial charge in [-0.25, -0.2) is 21.9 Å². The van der Waals surface area contributed by atoms with Crippen molar-refractivity contribution in [3.63, 3.8) is 0 Å². The molecule has 2 aromatic carbocycles. The number of hydrogen-bond acceptors (Lipinski definition) is 4. The minimum Gasteiger partial charge on any atom is -0.320 e. The molecular weight excluding hydrogens is 399 g/mol. The summed E-state index contributed by atoms with van der Waals surface area (Å²) in [6, 6.07) is 9.75. The van der Waals surface area contributed by atoms with Gasteiger partial charge in [-0.3, -0.25) is 9.36 Å². The summed E-state index contributed by atoms with van der Waals surface area (Å²) in [6.45, 7) is 1.73. The topological polar surface area (TPSA) is 104 Å². The molecule has 0 radical (unpaired) electrons. The van der Waals surface area contributed by atoms with Gasteiger partial charge in [0.05, 0.1) is 11.4 Å². The van der Waals surface area contributed by atoms with Crippen LogP contribution in [-0.2, 0) is 10.0 Å². The average molecular weight is 418 g/mol. The predicted octanol–water partition coefficient (Wildman–Crippen LogP) is 2.12. The molecule has 0 aliphatic heterocycles. The van der Waals surface area contributed by atoms with E-state index >= 15 is 0 Å². The normalized spacial score (nSPS) is 11.6. The molecule has 0 aliphatic rings. The molecule has 0 aliphatic carbocycles. The molecule has 0 saturated heterocycles. The van der Waals surface area contributed by atoms with Crippen LogP contribution in [0.5, 0.6) is 0 Å². The Morgan fingerprint density at radius 3 is 2.48 bits per heavy atom. The number of aromatic nitrogens is 2. The number of sulfonamides is 1. The number of carbonyl (C=O) groups is 1. The van der Waals surface area contributed by atoms with Crippen molar-refractivity contribution in [1.82, 2.24) is 13.9 Å². The van der Waals surface area contributed by atoms with E-state index in [0.717, 1.165) is 16.4 Å². The van der Waals surface area contributed by atoms with Crippen molar-refractivity contribution in [2.24, 2.45) is 0 Å². The summed E-state index contributed by atoms with van der Waals surface area (Å²) in [5, 5.41) is 2.65. The van der Waals surface area contributed by atoms with Gasteiger partial charge in [0.2, 0.25) is 10.0 Å². The van der Waals surface area contributed by atoms with Crippen LogP contribution in [0.1, 0.15) is 16.1 Å². The van der Waals surface area contributed by atoms with Crippen LogP contribution in [0.15, 0.2) is 58.4 Å². The van der Waals surface area contributed by atoms with Crippen molar-refractivity contribution in [3.8, 4) is 5.69 Å². The number of hydrogen-bond donors (Lipinski definition) is 2. The van der Waals surface area contributed by atoms with Crippen LogP contribution in [0, 0.1) is 12.7 Å². The predicted molar refractivity (Wildman–Crippen MR) is 106 cm³/mol. The number of imidazole rings is 1. The molecule has 29 heavy (non-hydrogen) atoms. The lowest BCUT2D eigenvalue weighted by atomic mass is 10.2. The minimum atomic E-state index is -4.06. The number of para-hydroxylation sites is 2. The molecule has 0 unspecified atom stereocenters. The number of anilines is 1. The van der Waals surface area contributed by atoms with Gasteiger partial charge >= 0.3 is 5.69 Å². The molecule has 0 bridgehead atoms. The highest BCUT2D eigenvalue weighted by Gasteiger charge is 2.23. The first-order chi connectivity index (χ1) is 13.6. The van der Waals surface area contributed by atoms with Crippen molar-refractivity contribution in [2.45, 2.75) is 11.8 Å². The number of benzene rings is 2. The van der Waals surface area contributed by atoms with E-state index in [-0.39, 0.29) is 11.3 Å². The fourth-order valence-corrected chi connectivity index (χ4v) is 3.75. The van der Waals surface area contributed by atoms with Gasteiger partial charge in [0.1, 0.15) is 10.7 Å². The molecule has 152 valence electrons. The van der Waals surface area contributed by atoms with E-state index in [0.29, 0.717) is 17.1 Å². The maximum atomic E-state index is 14.1. The largest absolute Gasteiger partial charge is 0.330 e. The van der Waals surface area contributed by atoms with Crippen LogP contribution in [0.25, 0.3) is 5.69 Å². The lowest BCUT2D eigenvalue weighted by molar-refractivity contribution is 0.102. The van der Waals surface area contributed by atoms with Crippen molar-refractivity contribution in [2.75, 3.05) is 19.4 Å². The molecule has 2 N–H and O–H groups in total. The van der Waals surface area contributed by atoms with E-state index in [1.165, 1.54) is 24.7 Å². The Balaban J connectivity index is 2.00. The molecule has 0 saturated carbocycles. The maximum Gasteiger partial charge on any atom is 0.330 e. The number of carbonyl (C=O) groups excluding carboxylic acids is 1. The van der Waals surface area contributed by atoms with E-state index in [2.05, 4.69) is 10.3 Å². The summed E-state index contributed by atoms with van der Waals surface area (Å²) >= 11 is 0. The molecule has 0 fully saturated rings. The number of aryl methyl sites for hydroxylation is 1. The highest BCUT2D eigenvalue weighted by molar-refractivity contribution is 7.89. The monoisotopic (exact) mass is 418 g/mol.